The largest absolute Gasteiger partial charge is 0.384 e. The summed E-state index contributed by atoms with van der Waals surface area (Å²) in [5.74, 6) is -2.15. The number of benzene rings is 1. The fraction of sp³-hybridized carbons (Fsp3) is 0.222. The van der Waals surface area contributed by atoms with E-state index in [0.717, 1.165) is 12.3 Å². The van der Waals surface area contributed by atoms with Crippen LogP contribution in [0, 0.1) is 5.82 Å². The number of hydrogen-bond acceptors (Lipinski definition) is 6. The van der Waals surface area contributed by atoms with Crippen molar-refractivity contribution in [3.8, 4) is 0 Å². The molecular weight excluding hydrogens is 527 g/mol. The maximum Gasteiger partial charge on any atom is 0.270 e. The minimum Gasteiger partial charge on any atom is -0.384 e. The van der Waals surface area contributed by atoms with E-state index in [9.17, 15) is 18.8 Å². The Balaban J connectivity index is 1.64. The monoisotopic (exact) mass is 552 g/mol. The second-order valence-electron chi connectivity index (χ2n) is 8.57. The number of aromatic amines is 1. The molecule has 0 fully saturated rings. The molecule has 39 heavy (non-hydrogen) atoms. The zero-order chi connectivity index (χ0) is 27.9. The summed E-state index contributed by atoms with van der Waals surface area (Å²) < 4.78 is 20.7. The topological polar surface area (TPSA) is 131 Å². The summed E-state index contributed by atoms with van der Waals surface area (Å²) in [6.07, 6.45) is 3.93. The zero-order valence-corrected chi connectivity index (χ0v) is 21.9. The van der Waals surface area contributed by atoms with Gasteiger partial charge in [0.15, 0.2) is 0 Å². The molecule has 0 saturated heterocycles. The van der Waals surface area contributed by atoms with Gasteiger partial charge in [0.25, 0.3) is 17.4 Å². The SMILES string of the molecule is CCn1nccc1C(=O)N[C@H](C(=O)Nc1cc([C@@H](COC)c2cc(F)c[nH]c2=O)ccn1)c1cccc(Cl)c1. The number of aryl methyl sites for hydroxylation is 1. The van der Waals surface area contributed by atoms with Crippen LogP contribution in [0.25, 0.3) is 0 Å². The van der Waals surface area contributed by atoms with Crippen molar-refractivity contribution >= 4 is 29.2 Å². The molecule has 3 heterocycles. The van der Waals surface area contributed by atoms with Crippen molar-refractivity contribution in [3.05, 3.63) is 111 Å². The predicted molar refractivity (Wildman–Crippen MR) is 143 cm³/mol. The van der Waals surface area contributed by atoms with Crippen LogP contribution in [0.3, 0.4) is 0 Å². The van der Waals surface area contributed by atoms with Crippen LogP contribution in [0.1, 0.15) is 46.1 Å². The summed E-state index contributed by atoms with van der Waals surface area (Å²) in [4.78, 5) is 45.6. The molecule has 3 N–H and O–H groups in total. The Hall–Kier alpha value is -4.35. The van der Waals surface area contributed by atoms with Crippen LogP contribution in [0.15, 0.2) is 71.9 Å². The predicted octanol–water partition coefficient (Wildman–Crippen LogP) is 3.67. The molecule has 3 aromatic heterocycles. The second kappa shape index (κ2) is 12.5. The van der Waals surface area contributed by atoms with E-state index in [0.29, 0.717) is 28.4 Å². The van der Waals surface area contributed by atoms with Crippen LogP contribution in [0.4, 0.5) is 10.2 Å². The summed E-state index contributed by atoms with van der Waals surface area (Å²) in [5.41, 5.74) is 1.01. The van der Waals surface area contributed by atoms with Crippen LogP contribution in [-0.4, -0.2) is 45.3 Å². The summed E-state index contributed by atoms with van der Waals surface area (Å²) in [5, 5.41) is 9.97. The highest BCUT2D eigenvalue weighted by Gasteiger charge is 2.26. The van der Waals surface area contributed by atoms with Gasteiger partial charge in [0.05, 0.1) is 6.61 Å². The van der Waals surface area contributed by atoms with Crippen LogP contribution in [0.5, 0.6) is 0 Å². The number of H-pyrrole nitrogens is 1. The number of halogens is 2. The number of aromatic nitrogens is 4. The van der Waals surface area contributed by atoms with Gasteiger partial charge >= 0.3 is 0 Å². The Morgan fingerprint density at radius 2 is 1.97 bits per heavy atom. The van der Waals surface area contributed by atoms with Gasteiger partial charge in [0.1, 0.15) is 23.4 Å². The molecule has 0 saturated carbocycles. The van der Waals surface area contributed by atoms with Gasteiger partial charge in [-0.1, -0.05) is 23.7 Å². The van der Waals surface area contributed by atoms with Gasteiger partial charge < -0.3 is 20.4 Å². The Bertz CT molecular complexity index is 1540. The highest BCUT2D eigenvalue weighted by Crippen LogP contribution is 2.26. The van der Waals surface area contributed by atoms with Crippen molar-refractivity contribution in [3.63, 3.8) is 0 Å². The number of pyridine rings is 2. The number of ether oxygens (including phenoxy) is 1. The second-order valence-corrected chi connectivity index (χ2v) is 9.00. The highest BCUT2D eigenvalue weighted by atomic mass is 35.5. The third kappa shape index (κ3) is 6.57. The van der Waals surface area contributed by atoms with E-state index in [1.165, 1.54) is 24.2 Å². The first-order valence-corrected chi connectivity index (χ1v) is 12.4. The van der Waals surface area contributed by atoms with E-state index in [-0.39, 0.29) is 18.0 Å². The molecule has 10 nitrogen and oxygen atoms in total. The van der Waals surface area contributed by atoms with E-state index >= 15 is 0 Å². The lowest BCUT2D eigenvalue weighted by Crippen LogP contribution is -2.38. The minimum atomic E-state index is -1.12. The van der Waals surface area contributed by atoms with Gasteiger partial charge in [-0.3, -0.25) is 19.1 Å². The van der Waals surface area contributed by atoms with Gasteiger partial charge in [-0.15, -0.1) is 0 Å². The molecule has 2 atom stereocenters. The number of carbonyl (C=O) groups is 2. The maximum atomic E-state index is 13.9. The van der Waals surface area contributed by atoms with E-state index < -0.39 is 35.2 Å². The summed E-state index contributed by atoms with van der Waals surface area (Å²) in [7, 11) is 1.47. The van der Waals surface area contributed by atoms with E-state index in [2.05, 4.69) is 25.7 Å². The van der Waals surface area contributed by atoms with Gasteiger partial charge in [-0.25, -0.2) is 9.37 Å². The van der Waals surface area contributed by atoms with E-state index in [1.54, 1.807) is 42.5 Å². The Morgan fingerprint density at radius 1 is 1.15 bits per heavy atom. The molecule has 1 aromatic carbocycles. The van der Waals surface area contributed by atoms with Crippen molar-refractivity contribution in [2.45, 2.75) is 25.4 Å². The van der Waals surface area contributed by atoms with E-state index in [1.807, 2.05) is 6.92 Å². The summed E-state index contributed by atoms with van der Waals surface area (Å²) in [6.45, 7) is 2.39. The quantitative estimate of drug-likeness (QED) is 0.275. The average Bonchev–Trinajstić information content (AvgIpc) is 3.41. The molecule has 0 radical (unpaired) electrons. The zero-order valence-electron chi connectivity index (χ0n) is 21.2. The van der Waals surface area contributed by atoms with Crippen LogP contribution in [-0.2, 0) is 16.1 Å². The minimum absolute atomic E-state index is 0.0796. The molecule has 12 heteroatoms. The van der Waals surface area contributed by atoms with Gasteiger partial charge in [0, 0.05) is 48.7 Å². The lowest BCUT2D eigenvalue weighted by molar-refractivity contribution is -0.118. The molecule has 0 aliphatic carbocycles. The van der Waals surface area contributed by atoms with Crippen molar-refractivity contribution in [2.75, 3.05) is 19.0 Å². The van der Waals surface area contributed by atoms with Crippen molar-refractivity contribution in [1.29, 1.82) is 0 Å². The molecule has 4 aromatic rings. The number of amides is 2. The van der Waals surface area contributed by atoms with Crippen LogP contribution >= 0.6 is 11.6 Å². The van der Waals surface area contributed by atoms with Gasteiger partial charge in [-0.05, 0) is 54.4 Å². The smallest absolute Gasteiger partial charge is 0.270 e. The fourth-order valence-electron chi connectivity index (χ4n) is 4.16. The first-order valence-electron chi connectivity index (χ1n) is 12.0. The van der Waals surface area contributed by atoms with Crippen LogP contribution < -0.4 is 16.2 Å². The Kier molecular flexibility index (Phi) is 8.84. The first kappa shape index (κ1) is 27.7. The molecule has 0 aliphatic heterocycles. The van der Waals surface area contributed by atoms with Crippen LogP contribution in [0.2, 0.25) is 5.02 Å². The molecule has 2 amide bonds. The molecule has 0 spiro atoms. The number of carbonyl (C=O) groups excluding carboxylic acids is 2. The first-order chi connectivity index (χ1) is 18.8. The van der Waals surface area contributed by atoms with Crippen molar-refractivity contribution in [2.24, 2.45) is 0 Å². The highest BCUT2D eigenvalue weighted by molar-refractivity contribution is 6.30. The number of nitrogens with one attached hydrogen (secondary N) is 3. The molecule has 0 unspecified atom stereocenters. The fourth-order valence-corrected chi connectivity index (χ4v) is 4.36. The third-order valence-corrected chi connectivity index (χ3v) is 6.25. The molecule has 4 rings (SSSR count). The summed E-state index contributed by atoms with van der Waals surface area (Å²) >= 11 is 6.17. The van der Waals surface area contributed by atoms with Gasteiger partial charge in [0.2, 0.25) is 0 Å². The van der Waals surface area contributed by atoms with Gasteiger partial charge in [-0.2, -0.15) is 5.10 Å². The van der Waals surface area contributed by atoms with Crippen molar-refractivity contribution in [1.82, 2.24) is 25.1 Å². The molecule has 0 aliphatic rings. The maximum absolute atomic E-state index is 13.9. The number of rotatable bonds is 10. The van der Waals surface area contributed by atoms with E-state index in [4.69, 9.17) is 16.3 Å². The summed E-state index contributed by atoms with van der Waals surface area (Å²) in [6, 6.07) is 11.4. The number of nitrogens with zero attached hydrogens (tertiary/aromatic N) is 3. The number of anilines is 1. The third-order valence-electron chi connectivity index (χ3n) is 6.01. The standard InChI is InChI=1S/C27H26ClFN6O4/c1-3-35-22(8-10-32-35)26(37)34-24(17-5-4-6-18(28)11-17)27(38)33-23-12-16(7-9-30-23)21(15-39-2)20-13-19(29)14-31-25(20)36/h4-14,21,24H,3,15H2,1-2H3,(H,31,36)(H,34,37)(H,30,33,38)/t21-,24+/m1/s1. The average molecular weight is 553 g/mol. The Labute approximate surface area is 228 Å². The molecule has 0 bridgehead atoms. The lowest BCUT2D eigenvalue weighted by atomic mass is 9.93. The number of hydrogen-bond donors (Lipinski definition) is 3. The molecular formula is C27H26ClFN6O4. The normalized spacial score (nSPS) is 12.5. The van der Waals surface area contributed by atoms with Crippen molar-refractivity contribution < 1.29 is 18.7 Å². The molecule has 202 valence electrons. The lowest BCUT2D eigenvalue weighted by Gasteiger charge is -2.20. The number of methoxy groups -OCH3 is 1. The Morgan fingerprint density at radius 3 is 2.72 bits per heavy atom.